The van der Waals surface area contributed by atoms with Crippen molar-refractivity contribution >= 4 is 23.2 Å². The molecule has 30 heavy (non-hydrogen) atoms. The average molecular weight is 411 g/mol. The van der Waals surface area contributed by atoms with E-state index in [1.54, 1.807) is 42.0 Å². The standard InChI is InChI=1S/C23H30N4O3/c1-15(2)8-12-27-13-9-16(3)20(23(27)30)22(29)25-17-6-7-18(21(24)28)19(14-17)26-10-4-5-11-26/h6-7,9,13-15H,4-5,8,10-12H2,1-3H3,(H2,24,28)(H,25,29). The van der Waals surface area contributed by atoms with Crippen LogP contribution in [0.1, 0.15) is 59.4 Å². The van der Waals surface area contributed by atoms with Gasteiger partial charge in [-0.2, -0.15) is 0 Å². The molecule has 0 aliphatic carbocycles. The number of carbonyl (C=O) groups excluding carboxylic acids is 2. The molecule has 0 saturated carbocycles. The molecule has 1 saturated heterocycles. The number of aryl methyl sites for hydroxylation is 2. The summed E-state index contributed by atoms with van der Waals surface area (Å²) in [4.78, 5) is 39.8. The summed E-state index contributed by atoms with van der Waals surface area (Å²) in [6, 6.07) is 6.83. The number of nitrogens with zero attached hydrogens (tertiary/aromatic N) is 2. The molecule has 2 amide bonds. The minimum Gasteiger partial charge on any atom is -0.371 e. The van der Waals surface area contributed by atoms with Crippen molar-refractivity contribution in [2.75, 3.05) is 23.3 Å². The number of pyridine rings is 1. The van der Waals surface area contributed by atoms with E-state index in [0.717, 1.165) is 38.0 Å². The second-order valence-electron chi connectivity index (χ2n) is 8.30. The van der Waals surface area contributed by atoms with E-state index < -0.39 is 11.8 Å². The van der Waals surface area contributed by atoms with Gasteiger partial charge in [-0.15, -0.1) is 0 Å². The number of hydrogen-bond acceptors (Lipinski definition) is 4. The molecule has 2 aromatic rings. The molecular formula is C23H30N4O3. The Balaban J connectivity index is 1.89. The van der Waals surface area contributed by atoms with Crippen molar-refractivity contribution in [2.24, 2.45) is 11.7 Å². The number of amides is 2. The lowest BCUT2D eigenvalue weighted by Crippen LogP contribution is -2.30. The third kappa shape index (κ3) is 4.72. The van der Waals surface area contributed by atoms with E-state index >= 15 is 0 Å². The van der Waals surface area contributed by atoms with Gasteiger partial charge in [-0.05, 0) is 61.9 Å². The monoisotopic (exact) mass is 410 g/mol. The Kier molecular flexibility index (Phi) is 6.59. The van der Waals surface area contributed by atoms with Gasteiger partial charge in [0.15, 0.2) is 0 Å². The number of aromatic nitrogens is 1. The normalized spacial score (nSPS) is 13.7. The van der Waals surface area contributed by atoms with E-state index in [1.165, 1.54) is 0 Å². The van der Waals surface area contributed by atoms with E-state index in [4.69, 9.17) is 5.73 Å². The second kappa shape index (κ2) is 9.15. The number of nitrogens with two attached hydrogens (primary N) is 1. The number of hydrogen-bond donors (Lipinski definition) is 2. The molecular weight excluding hydrogens is 380 g/mol. The molecule has 7 nitrogen and oxygen atoms in total. The molecule has 0 radical (unpaired) electrons. The Morgan fingerprint density at radius 3 is 2.50 bits per heavy atom. The summed E-state index contributed by atoms with van der Waals surface area (Å²) in [6.07, 6.45) is 4.70. The molecule has 3 rings (SSSR count). The molecule has 0 spiro atoms. The Morgan fingerprint density at radius 2 is 1.87 bits per heavy atom. The van der Waals surface area contributed by atoms with Crippen LogP contribution in [0.15, 0.2) is 35.3 Å². The third-order valence-corrected chi connectivity index (χ3v) is 5.52. The number of primary amides is 1. The zero-order valence-corrected chi connectivity index (χ0v) is 17.9. The highest BCUT2D eigenvalue weighted by atomic mass is 16.2. The highest BCUT2D eigenvalue weighted by Crippen LogP contribution is 2.28. The lowest BCUT2D eigenvalue weighted by atomic mass is 10.1. The maximum atomic E-state index is 13.0. The van der Waals surface area contributed by atoms with Crippen LogP contribution in [0.25, 0.3) is 0 Å². The van der Waals surface area contributed by atoms with Gasteiger partial charge in [-0.25, -0.2) is 0 Å². The van der Waals surface area contributed by atoms with Crippen molar-refractivity contribution in [2.45, 2.75) is 46.6 Å². The van der Waals surface area contributed by atoms with Crippen molar-refractivity contribution in [3.63, 3.8) is 0 Å². The van der Waals surface area contributed by atoms with E-state index in [9.17, 15) is 14.4 Å². The molecule has 7 heteroatoms. The topological polar surface area (TPSA) is 97.4 Å². The van der Waals surface area contributed by atoms with Gasteiger partial charge in [-0.1, -0.05) is 13.8 Å². The van der Waals surface area contributed by atoms with Crippen LogP contribution in [-0.2, 0) is 6.54 Å². The molecule has 1 aliphatic rings. The maximum absolute atomic E-state index is 13.0. The number of nitrogens with one attached hydrogen (secondary N) is 1. The van der Waals surface area contributed by atoms with Gasteiger partial charge in [0.25, 0.3) is 17.4 Å². The lowest BCUT2D eigenvalue weighted by Gasteiger charge is -2.21. The third-order valence-electron chi connectivity index (χ3n) is 5.52. The van der Waals surface area contributed by atoms with E-state index in [0.29, 0.717) is 29.3 Å². The van der Waals surface area contributed by atoms with Crippen LogP contribution in [0.5, 0.6) is 0 Å². The van der Waals surface area contributed by atoms with Crippen molar-refractivity contribution in [3.05, 3.63) is 57.5 Å². The van der Waals surface area contributed by atoms with Gasteiger partial charge < -0.3 is 20.5 Å². The number of rotatable bonds is 7. The quantitative estimate of drug-likeness (QED) is 0.733. The van der Waals surface area contributed by atoms with Crippen LogP contribution >= 0.6 is 0 Å². The van der Waals surface area contributed by atoms with Gasteiger partial charge in [0, 0.05) is 31.5 Å². The summed E-state index contributed by atoms with van der Waals surface area (Å²) in [5.41, 5.74) is 7.70. The summed E-state index contributed by atoms with van der Waals surface area (Å²) >= 11 is 0. The first kappa shape index (κ1) is 21.6. The smallest absolute Gasteiger partial charge is 0.263 e. The maximum Gasteiger partial charge on any atom is 0.263 e. The van der Waals surface area contributed by atoms with Crippen LogP contribution in [0, 0.1) is 12.8 Å². The largest absolute Gasteiger partial charge is 0.371 e. The van der Waals surface area contributed by atoms with Gasteiger partial charge >= 0.3 is 0 Å². The SMILES string of the molecule is Cc1ccn(CCC(C)C)c(=O)c1C(=O)Nc1ccc(C(N)=O)c(N2CCCC2)c1. The van der Waals surface area contributed by atoms with E-state index in [1.807, 2.05) is 0 Å². The zero-order valence-electron chi connectivity index (χ0n) is 17.9. The van der Waals surface area contributed by atoms with Crippen LogP contribution in [0.4, 0.5) is 11.4 Å². The molecule has 1 fully saturated rings. The number of anilines is 2. The van der Waals surface area contributed by atoms with Crippen molar-refractivity contribution in [1.82, 2.24) is 4.57 Å². The summed E-state index contributed by atoms with van der Waals surface area (Å²) in [6.45, 7) is 8.21. The van der Waals surface area contributed by atoms with Crippen molar-refractivity contribution < 1.29 is 9.59 Å². The minimum absolute atomic E-state index is 0.142. The fraction of sp³-hybridized carbons (Fsp3) is 0.435. The predicted molar refractivity (Wildman–Crippen MR) is 119 cm³/mol. The molecule has 1 aromatic heterocycles. The Labute approximate surface area is 176 Å². The number of benzene rings is 1. The fourth-order valence-electron chi connectivity index (χ4n) is 3.75. The molecule has 3 N–H and O–H groups in total. The highest BCUT2D eigenvalue weighted by Gasteiger charge is 2.21. The second-order valence-corrected chi connectivity index (χ2v) is 8.30. The predicted octanol–water partition coefficient (Wildman–Crippen LogP) is 3.15. The summed E-state index contributed by atoms with van der Waals surface area (Å²) in [5.74, 6) is -0.486. The minimum atomic E-state index is -0.498. The van der Waals surface area contributed by atoms with E-state index in [-0.39, 0.29) is 11.1 Å². The Morgan fingerprint density at radius 1 is 1.17 bits per heavy atom. The Bertz CT molecular complexity index is 1000. The first-order valence-corrected chi connectivity index (χ1v) is 10.5. The molecule has 0 bridgehead atoms. The van der Waals surface area contributed by atoms with Crippen LogP contribution < -0.4 is 21.5 Å². The summed E-state index contributed by atoms with van der Waals surface area (Å²) in [5, 5.41) is 2.83. The van der Waals surface area contributed by atoms with Crippen molar-refractivity contribution in [1.29, 1.82) is 0 Å². The summed E-state index contributed by atoms with van der Waals surface area (Å²) in [7, 11) is 0. The zero-order chi connectivity index (χ0) is 21.8. The molecule has 0 atom stereocenters. The van der Waals surface area contributed by atoms with Gasteiger partial charge in [0.05, 0.1) is 11.3 Å². The molecule has 1 aliphatic heterocycles. The fourth-order valence-corrected chi connectivity index (χ4v) is 3.75. The molecule has 1 aromatic carbocycles. The van der Waals surface area contributed by atoms with Crippen molar-refractivity contribution in [3.8, 4) is 0 Å². The van der Waals surface area contributed by atoms with Gasteiger partial charge in [0.1, 0.15) is 5.56 Å². The summed E-state index contributed by atoms with van der Waals surface area (Å²) < 4.78 is 1.59. The average Bonchev–Trinajstić information content (AvgIpc) is 3.21. The van der Waals surface area contributed by atoms with Crippen LogP contribution in [0.3, 0.4) is 0 Å². The van der Waals surface area contributed by atoms with E-state index in [2.05, 4.69) is 24.1 Å². The van der Waals surface area contributed by atoms with Crippen LogP contribution in [0.2, 0.25) is 0 Å². The lowest BCUT2D eigenvalue weighted by molar-refractivity contribution is 0.0998. The first-order valence-electron chi connectivity index (χ1n) is 10.5. The number of carbonyl (C=O) groups is 2. The van der Waals surface area contributed by atoms with Gasteiger partial charge in [-0.3, -0.25) is 14.4 Å². The molecule has 160 valence electrons. The first-order chi connectivity index (χ1) is 14.3. The molecule has 0 unspecified atom stereocenters. The molecule has 2 heterocycles. The highest BCUT2D eigenvalue weighted by molar-refractivity contribution is 6.06. The Hall–Kier alpha value is -3.09. The van der Waals surface area contributed by atoms with Gasteiger partial charge in [0.2, 0.25) is 0 Å². The van der Waals surface area contributed by atoms with Crippen LogP contribution in [-0.4, -0.2) is 29.5 Å².